The molecule has 0 saturated heterocycles. The van der Waals surface area contributed by atoms with Gasteiger partial charge in [0.25, 0.3) is 0 Å². The maximum atomic E-state index is 11.4. The topological polar surface area (TPSA) is 87.0 Å². The summed E-state index contributed by atoms with van der Waals surface area (Å²) in [5, 5.41) is 18.8. The highest BCUT2D eigenvalue weighted by atomic mass is 16.4. The van der Waals surface area contributed by atoms with E-state index in [1.807, 2.05) is 0 Å². The van der Waals surface area contributed by atoms with Gasteiger partial charge in [-0.1, -0.05) is 12.1 Å². The molecule has 1 heterocycles. The van der Waals surface area contributed by atoms with Gasteiger partial charge in [0.15, 0.2) is 5.76 Å². The van der Waals surface area contributed by atoms with E-state index in [0.717, 1.165) is 0 Å². The molecule has 15 heavy (non-hydrogen) atoms. The summed E-state index contributed by atoms with van der Waals surface area (Å²) in [6, 6.07) is 4.83. The number of aliphatic hydroxyl groups excluding tert-OH is 1. The molecule has 2 rings (SSSR count). The van der Waals surface area contributed by atoms with Crippen LogP contribution in [0.25, 0.3) is 5.76 Å². The smallest absolute Gasteiger partial charge is 0.336 e. The van der Waals surface area contributed by atoms with Crippen LogP contribution in [0.15, 0.2) is 29.3 Å². The summed E-state index contributed by atoms with van der Waals surface area (Å²) in [6.07, 6.45) is 0. The average molecular weight is 205 g/mol. The molecule has 1 aliphatic rings. The second-order valence-corrected chi connectivity index (χ2v) is 3.10. The lowest BCUT2D eigenvalue weighted by Gasteiger charge is -2.10. The number of ketones is 1. The molecule has 0 aromatic heterocycles. The molecule has 0 fully saturated rings. The highest BCUT2D eigenvalue weighted by molar-refractivity contribution is 6.22. The molecule has 0 aliphatic carbocycles. The highest BCUT2D eigenvalue weighted by Crippen LogP contribution is 2.03. The predicted molar refractivity (Wildman–Crippen MR) is 49.7 cm³/mol. The summed E-state index contributed by atoms with van der Waals surface area (Å²) in [7, 11) is 0. The Labute approximate surface area is 84.0 Å². The predicted octanol–water partition coefficient (Wildman–Crippen LogP) is -0.992. The van der Waals surface area contributed by atoms with Gasteiger partial charge in [0.2, 0.25) is 11.8 Å². The maximum absolute atomic E-state index is 11.4. The number of aliphatic carboxylic acids is 1. The van der Waals surface area contributed by atoms with Crippen LogP contribution < -0.4 is 10.6 Å². The SMILES string of the molecule is O=C(O)C1N=c2ccccc2=C(O)C1=O. The normalized spacial score (nSPS) is 19.3. The van der Waals surface area contributed by atoms with Crippen molar-refractivity contribution in [3.8, 4) is 0 Å². The first kappa shape index (κ1) is 9.39. The fourth-order valence-corrected chi connectivity index (χ4v) is 1.41. The monoisotopic (exact) mass is 205 g/mol. The second kappa shape index (κ2) is 3.20. The Morgan fingerprint density at radius 1 is 1.33 bits per heavy atom. The number of nitrogens with zero attached hydrogens (tertiary/aromatic N) is 1. The van der Waals surface area contributed by atoms with Gasteiger partial charge >= 0.3 is 5.97 Å². The van der Waals surface area contributed by atoms with Crippen molar-refractivity contribution in [3.63, 3.8) is 0 Å². The molecule has 1 unspecified atom stereocenters. The van der Waals surface area contributed by atoms with Crippen molar-refractivity contribution >= 4 is 17.5 Å². The fourth-order valence-electron chi connectivity index (χ4n) is 1.41. The van der Waals surface area contributed by atoms with Crippen LogP contribution in [0.2, 0.25) is 0 Å². The molecular formula is C10H7NO4. The number of carboxylic acid groups (broad SMARTS) is 1. The molecule has 1 aromatic carbocycles. The van der Waals surface area contributed by atoms with E-state index in [2.05, 4.69) is 4.99 Å². The number of hydrogen-bond acceptors (Lipinski definition) is 4. The molecule has 1 aromatic rings. The van der Waals surface area contributed by atoms with E-state index in [1.165, 1.54) is 6.07 Å². The molecule has 2 N–H and O–H groups in total. The summed E-state index contributed by atoms with van der Waals surface area (Å²) in [5.74, 6) is -2.77. The van der Waals surface area contributed by atoms with E-state index in [1.54, 1.807) is 18.2 Å². The van der Waals surface area contributed by atoms with Crippen molar-refractivity contribution in [2.45, 2.75) is 6.04 Å². The largest absolute Gasteiger partial charge is 0.504 e. The van der Waals surface area contributed by atoms with Gasteiger partial charge in [-0.2, -0.15) is 0 Å². The molecule has 0 amide bonds. The number of carboxylic acids is 1. The van der Waals surface area contributed by atoms with Gasteiger partial charge < -0.3 is 10.2 Å². The molecule has 0 radical (unpaired) electrons. The minimum absolute atomic E-state index is 0.278. The number of benzene rings is 1. The van der Waals surface area contributed by atoms with Gasteiger partial charge in [-0.3, -0.25) is 9.79 Å². The third-order valence-corrected chi connectivity index (χ3v) is 2.14. The molecular weight excluding hydrogens is 198 g/mol. The first-order valence-corrected chi connectivity index (χ1v) is 4.24. The lowest BCUT2D eigenvalue weighted by molar-refractivity contribution is -0.141. The number of aliphatic hydroxyl groups is 1. The van der Waals surface area contributed by atoms with Crippen LogP contribution in [-0.4, -0.2) is 28.0 Å². The van der Waals surface area contributed by atoms with Crippen LogP contribution in [0.3, 0.4) is 0 Å². The van der Waals surface area contributed by atoms with Crippen LogP contribution in [-0.2, 0) is 9.59 Å². The number of rotatable bonds is 1. The zero-order valence-corrected chi connectivity index (χ0v) is 7.54. The molecule has 5 heteroatoms. The van der Waals surface area contributed by atoms with E-state index >= 15 is 0 Å². The maximum Gasteiger partial charge on any atom is 0.336 e. The van der Waals surface area contributed by atoms with E-state index in [4.69, 9.17) is 5.11 Å². The molecule has 5 nitrogen and oxygen atoms in total. The summed E-state index contributed by atoms with van der Waals surface area (Å²) >= 11 is 0. The van der Waals surface area contributed by atoms with Gasteiger partial charge in [0.05, 0.1) is 5.36 Å². The van der Waals surface area contributed by atoms with Crippen LogP contribution in [0, 0.1) is 0 Å². The third-order valence-electron chi connectivity index (χ3n) is 2.14. The molecule has 1 atom stereocenters. The minimum atomic E-state index is -1.53. The van der Waals surface area contributed by atoms with Crippen molar-refractivity contribution in [2.75, 3.05) is 0 Å². The van der Waals surface area contributed by atoms with Gasteiger partial charge in [-0.25, -0.2) is 4.79 Å². The fraction of sp³-hybridized carbons (Fsp3) is 0.100. The van der Waals surface area contributed by atoms with Crippen LogP contribution >= 0.6 is 0 Å². The van der Waals surface area contributed by atoms with Gasteiger partial charge in [-0.05, 0) is 12.1 Å². The van der Waals surface area contributed by atoms with Gasteiger partial charge in [0, 0.05) is 5.22 Å². The number of hydrogen-bond donors (Lipinski definition) is 2. The minimum Gasteiger partial charge on any atom is -0.504 e. The Morgan fingerprint density at radius 2 is 2.00 bits per heavy atom. The Hall–Kier alpha value is -2.17. The van der Waals surface area contributed by atoms with E-state index in [-0.39, 0.29) is 5.22 Å². The van der Waals surface area contributed by atoms with Crippen molar-refractivity contribution in [1.29, 1.82) is 0 Å². The number of para-hydroxylation sites is 1. The molecule has 0 bridgehead atoms. The second-order valence-electron chi connectivity index (χ2n) is 3.10. The summed E-state index contributed by atoms with van der Waals surface area (Å²) < 4.78 is 0. The van der Waals surface area contributed by atoms with E-state index in [9.17, 15) is 14.7 Å². The van der Waals surface area contributed by atoms with Crippen LogP contribution in [0.5, 0.6) is 0 Å². The van der Waals surface area contributed by atoms with Crippen molar-refractivity contribution in [2.24, 2.45) is 4.99 Å². The standard InChI is InChI=1S/C10H7NO4/c12-8-5-3-1-2-4-6(5)11-7(9(8)13)10(14)15/h1-4,7,12H,(H,14,15). The highest BCUT2D eigenvalue weighted by Gasteiger charge is 2.31. The zero-order chi connectivity index (χ0) is 11.0. The lowest BCUT2D eigenvalue weighted by atomic mass is 10.1. The summed E-state index contributed by atoms with van der Waals surface area (Å²) in [5.41, 5.74) is 0. The molecule has 1 aliphatic heterocycles. The Morgan fingerprint density at radius 3 is 2.67 bits per heavy atom. The quantitative estimate of drug-likeness (QED) is 0.576. The van der Waals surface area contributed by atoms with Gasteiger partial charge in [-0.15, -0.1) is 0 Å². The van der Waals surface area contributed by atoms with Crippen molar-refractivity contribution in [1.82, 2.24) is 0 Å². The Balaban J connectivity index is 2.78. The lowest BCUT2D eigenvalue weighted by Crippen LogP contribution is -2.43. The number of Topliss-reactive ketones (excluding diaryl/α,β-unsaturated/α-hetero) is 1. The molecule has 0 saturated carbocycles. The number of carbonyl (C=O) groups excluding carboxylic acids is 1. The number of carbonyl (C=O) groups is 2. The van der Waals surface area contributed by atoms with Crippen molar-refractivity contribution in [3.05, 3.63) is 34.8 Å². The molecule has 0 spiro atoms. The Kier molecular flexibility index (Phi) is 2.00. The van der Waals surface area contributed by atoms with Gasteiger partial charge in [0.1, 0.15) is 0 Å². The van der Waals surface area contributed by atoms with E-state index < -0.39 is 23.6 Å². The zero-order valence-electron chi connectivity index (χ0n) is 7.54. The first-order chi connectivity index (χ1) is 7.11. The number of fused-ring (bicyclic) bond motifs is 1. The van der Waals surface area contributed by atoms with Crippen LogP contribution in [0.1, 0.15) is 0 Å². The summed E-state index contributed by atoms with van der Waals surface area (Å²) in [6.45, 7) is 0. The average Bonchev–Trinajstić information content (AvgIpc) is 2.23. The Bertz CT molecular complexity index is 561. The first-order valence-electron chi connectivity index (χ1n) is 4.24. The van der Waals surface area contributed by atoms with E-state index in [0.29, 0.717) is 5.36 Å². The van der Waals surface area contributed by atoms with Crippen LogP contribution in [0.4, 0.5) is 0 Å². The summed E-state index contributed by atoms with van der Waals surface area (Å²) in [4.78, 5) is 25.8. The molecule has 76 valence electrons. The van der Waals surface area contributed by atoms with Crippen molar-refractivity contribution < 1.29 is 19.8 Å². The third kappa shape index (κ3) is 1.38.